The van der Waals surface area contributed by atoms with Crippen LogP contribution in [-0.4, -0.2) is 35.0 Å². The number of hydrogen-bond donors (Lipinski definition) is 1. The van der Waals surface area contributed by atoms with Crippen molar-refractivity contribution in [2.75, 3.05) is 13.1 Å². The molecule has 1 aliphatic carbocycles. The zero-order valence-corrected chi connectivity index (χ0v) is 12.4. The summed E-state index contributed by atoms with van der Waals surface area (Å²) in [5.41, 5.74) is 2.04. The normalized spacial score (nSPS) is 25.6. The zero-order valence-electron chi connectivity index (χ0n) is 11.6. The van der Waals surface area contributed by atoms with E-state index < -0.39 is 11.9 Å². The highest BCUT2D eigenvalue weighted by atomic mass is 32.1. The molecule has 0 radical (unpaired) electrons. The number of carbonyl (C=O) groups excluding carboxylic acids is 1. The summed E-state index contributed by atoms with van der Waals surface area (Å²) < 4.78 is 0. The van der Waals surface area contributed by atoms with E-state index in [0.29, 0.717) is 25.4 Å². The molecular weight excluding hydrogens is 274 g/mol. The molecular formula is C15H19NO3S. The van der Waals surface area contributed by atoms with Crippen LogP contribution in [0.15, 0.2) is 5.38 Å². The van der Waals surface area contributed by atoms with Crippen LogP contribution in [0.1, 0.15) is 40.6 Å². The van der Waals surface area contributed by atoms with Gasteiger partial charge in [0.05, 0.1) is 11.5 Å². The molecule has 1 amide bonds. The highest BCUT2D eigenvalue weighted by Gasteiger charge is 2.33. The van der Waals surface area contributed by atoms with Gasteiger partial charge in [-0.15, -0.1) is 11.3 Å². The summed E-state index contributed by atoms with van der Waals surface area (Å²) in [5.74, 6) is -0.456. The quantitative estimate of drug-likeness (QED) is 0.911. The molecule has 108 valence electrons. The highest BCUT2D eigenvalue weighted by Crippen LogP contribution is 2.34. The van der Waals surface area contributed by atoms with Crippen molar-refractivity contribution < 1.29 is 14.7 Å². The van der Waals surface area contributed by atoms with Gasteiger partial charge in [-0.3, -0.25) is 9.59 Å². The van der Waals surface area contributed by atoms with Crippen molar-refractivity contribution in [1.82, 2.24) is 4.90 Å². The summed E-state index contributed by atoms with van der Waals surface area (Å²) in [6.07, 6.45) is 3.77. The Morgan fingerprint density at radius 3 is 2.90 bits per heavy atom. The summed E-state index contributed by atoms with van der Waals surface area (Å²) in [5, 5.41) is 11.0. The lowest BCUT2D eigenvalue weighted by Crippen LogP contribution is -2.30. The minimum atomic E-state index is -0.790. The first-order chi connectivity index (χ1) is 9.56. The Morgan fingerprint density at radius 1 is 1.40 bits per heavy atom. The number of carboxylic acids is 1. The van der Waals surface area contributed by atoms with Crippen LogP contribution >= 0.6 is 11.3 Å². The Morgan fingerprint density at radius 2 is 2.20 bits per heavy atom. The van der Waals surface area contributed by atoms with Crippen LogP contribution in [0.4, 0.5) is 0 Å². The van der Waals surface area contributed by atoms with E-state index in [0.717, 1.165) is 24.8 Å². The monoisotopic (exact) mass is 293 g/mol. The third kappa shape index (κ3) is 2.35. The van der Waals surface area contributed by atoms with E-state index in [1.165, 1.54) is 10.4 Å². The van der Waals surface area contributed by atoms with E-state index in [1.54, 1.807) is 16.2 Å². The average Bonchev–Trinajstić information content (AvgIpc) is 3.04. The van der Waals surface area contributed by atoms with Crippen LogP contribution in [0.2, 0.25) is 0 Å². The number of amides is 1. The van der Waals surface area contributed by atoms with Crippen molar-refractivity contribution in [2.45, 2.75) is 32.6 Å². The molecule has 0 bridgehead atoms. The highest BCUT2D eigenvalue weighted by molar-refractivity contribution is 7.10. The van der Waals surface area contributed by atoms with Gasteiger partial charge in [0.15, 0.2) is 0 Å². The van der Waals surface area contributed by atoms with Gasteiger partial charge < -0.3 is 10.0 Å². The minimum Gasteiger partial charge on any atom is -0.481 e. The second kappa shape index (κ2) is 5.20. The Kier molecular flexibility index (Phi) is 3.54. The standard InChI is InChI=1S/C15H19NO3S/c1-9-2-3-11-12(8-20-13(11)6-9)14(17)16-5-4-10(7-16)15(18)19/h8-10H,2-7H2,1H3,(H,18,19)/t9-,10+/m1/s1. The van der Waals surface area contributed by atoms with E-state index in [2.05, 4.69) is 6.92 Å². The topological polar surface area (TPSA) is 57.6 Å². The van der Waals surface area contributed by atoms with Crippen molar-refractivity contribution in [3.63, 3.8) is 0 Å². The molecule has 0 spiro atoms. The predicted molar refractivity (Wildman–Crippen MR) is 77.2 cm³/mol. The molecule has 1 aromatic heterocycles. The molecule has 1 N–H and O–H groups in total. The van der Waals surface area contributed by atoms with Crippen molar-refractivity contribution in [3.05, 3.63) is 21.4 Å². The summed E-state index contributed by atoms with van der Waals surface area (Å²) >= 11 is 1.69. The molecule has 1 aliphatic heterocycles. The van der Waals surface area contributed by atoms with Crippen LogP contribution in [0.3, 0.4) is 0 Å². The van der Waals surface area contributed by atoms with Gasteiger partial charge in [0.1, 0.15) is 0 Å². The lowest BCUT2D eigenvalue weighted by Gasteiger charge is -2.21. The summed E-state index contributed by atoms with van der Waals surface area (Å²) in [7, 11) is 0. The smallest absolute Gasteiger partial charge is 0.308 e. The molecule has 4 nitrogen and oxygen atoms in total. The van der Waals surface area contributed by atoms with Gasteiger partial charge in [-0.25, -0.2) is 0 Å². The Hall–Kier alpha value is -1.36. The molecule has 2 atom stereocenters. The molecule has 3 rings (SSSR count). The molecule has 0 aromatic carbocycles. The number of hydrogen-bond acceptors (Lipinski definition) is 3. The predicted octanol–water partition coefficient (Wildman–Crippen LogP) is 2.42. The molecule has 0 unspecified atom stereocenters. The molecule has 1 saturated heterocycles. The molecule has 2 aliphatic rings. The van der Waals surface area contributed by atoms with Crippen molar-refractivity contribution in [2.24, 2.45) is 11.8 Å². The van der Waals surface area contributed by atoms with Gasteiger partial charge in [0.25, 0.3) is 5.91 Å². The van der Waals surface area contributed by atoms with Crippen molar-refractivity contribution in [1.29, 1.82) is 0 Å². The molecule has 1 aromatic rings. The van der Waals surface area contributed by atoms with Crippen LogP contribution in [-0.2, 0) is 17.6 Å². The first-order valence-electron chi connectivity index (χ1n) is 7.17. The molecule has 5 heteroatoms. The molecule has 0 saturated carbocycles. The van der Waals surface area contributed by atoms with Crippen LogP contribution < -0.4 is 0 Å². The maximum Gasteiger partial charge on any atom is 0.308 e. The number of carboxylic acid groups (broad SMARTS) is 1. The van der Waals surface area contributed by atoms with Gasteiger partial charge in [0.2, 0.25) is 0 Å². The van der Waals surface area contributed by atoms with E-state index in [1.807, 2.05) is 5.38 Å². The number of thiophene rings is 1. The fourth-order valence-electron chi connectivity index (χ4n) is 3.17. The first-order valence-corrected chi connectivity index (χ1v) is 8.05. The van der Waals surface area contributed by atoms with Crippen LogP contribution in [0.25, 0.3) is 0 Å². The van der Waals surface area contributed by atoms with Gasteiger partial charge in [-0.05, 0) is 37.2 Å². The van der Waals surface area contributed by atoms with Crippen molar-refractivity contribution >= 4 is 23.2 Å². The fourth-order valence-corrected chi connectivity index (χ4v) is 4.41. The third-order valence-corrected chi connectivity index (χ3v) is 5.51. The second-order valence-electron chi connectivity index (χ2n) is 5.97. The van der Waals surface area contributed by atoms with Gasteiger partial charge in [-0.1, -0.05) is 6.92 Å². The summed E-state index contributed by atoms with van der Waals surface area (Å²) in [6, 6.07) is 0. The van der Waals surface area contributed by atoms with E-state index in [-0.39, 0.29) is 5.91 Å². The minimum absolute atomic E-state index is 0.0285. The fraction of sp³-hybridized carbons (Fsp3) is 0.600. The van der Waals surface area contributed by atoms with Gasteiger partial charge in [0, 0.05) is 23.3 Å². The summed E-state index contributed by atoms with van der Waals surface area (Å²) in [6.45, 7) is 3.17. The second-order valence-corrected chi connectivity index (χ2v) is 6.94. The number of aliphatic carboxylic acids is 1. The number of likely N-dealkylation sites (tertiary alicyclic amines) is 1. The Bertz CT molecular complexity index is 551. The maximum absolute atomic E-state index is 12.6. The van der Waals surface area contributed by atoms with Gasteiger partial charge in [-0.2, -0.15) is 0 Å². The number of carbonyl (C=O) groups is 2. The maximum atomic E-state index is 12.6. The van der Waals surface area contributed by atoms with E-state index in [9.17, 15) is 9.59 Å². The number of nitrogens with zero attached hydrogens (tertiary/aromatic N) is 1. The zero-order chi connectivity index (χ0) is 14.3. The Labute approximate surface area is 122 Å². The number of rotatable bonds is 2. The average molecular weight is 293 g/mol. The Balaban J connectivity index is 1.77. The molecule has 1 fully saturated rings. The van der Waals surface area contributed by atoms with Crippen LogP contribution in [0.5, 0.6) is 0 Å². The SMILES string of the molecule is C[C@@H]1CCc2c(C(=O)N3CC[C@H](C(=O)O)C3)csc2C1. The van der Waals surface area contributed by atoms with Gasteiger partial charge >= 0.3 is 5.97 Å². The van der Waals surface area contributed by atoms with E-state index >= 15 is 0 Å². The molecule has 20 heavy (non-hydrogen) atoms. The molecule has 2 heterocycles. The van der Waals surface area contributed by atoms with Crippen LogP contribution in [0, 0.1) is 11.8 Å². The lowest BCUT2D eigenvalue weighted by molar-refractivity contribution is -0.141. The largest absolute Gasteiger partial charge is 0.481 e. The number of fused-ring (bicyclic) bond motifs is 1. The summed E-state index contributed by atoms with van der Waals surface area (Å²) in [4.78, 5) is 26.6. The third-order valence-electron chi connectivity index (χ3n) is 4.46. The first kappa shape index (κ1) is 13.6. The van der Waals surface area contributed by atoms with E-state index in [4.69, 9.17) is 5.11 Å². The van der Waals surface area contributed by atoms with Crippen molar-refractivity contribution in [3.8, 4) is 0 Å². The lowest BCUT2D eigenvalue weighted by atomic mass is 9.88.